The molecular weight excluding hydrogens is 134 g/mol. The maximum atomic E-state index is 5.40. The third kappa shape index (κ3) is 5.60. The van der Waals surface area contributed by atoms with Gasteiger partial charge in [0.2, 0.25) is 0 Å². The van der Waals surface area contributed by atoms with Gasteiger partial charge < -0.3 is 5.32 Å². The van der Waals surface area contributed by atoms with Gasteiger partial charge in [0, 0.05) is 18.6 Å². The van der Waals surface area contributed by atoms with Gasteiger partial charge in [-0.05, 0) is 12.5 Å². The highest BCUT2D eigenvalue weighted by atomic mass is 35.5. The van der Waals surface area contributed by atoms with E-state index in [1.54, 1.807) is 5.54 Å². The van der Waals surface area contributed by atoms with Crippen LogP contribution in [0.5, 0.6) is 0 Å². The number of nitrogens with one attached hydrogen (secondary N) is 1. The summed E-state index contributed by atoms with van der Waals surface area (Å²) in [4.78, 5) is 0. The Bertz CT molecular complexity index is 107. The van der Waals surface area contributed by atoms with Crippen molar-refractivity contribution in [3.8, 4) is 0 Å². The molecule has 0 amide bonds. The highest BCUT2D eigenvalue weighted by Crippen LogP contribution is 1.90. The van der Waals surface area contributed by atoms with Crippen LogP contribution in [-0.4, -0.2) is 13.1 Å². The summed E-state index contributed by atoms with van der Waals surface area (Å²) >= 11 is 5.40. The summed E-state index contributed by atoms with van der Waals surface area (Å²) < 4.78 is 0. The Balaban J connectivity index is 3.17. The first-order valence-electron chi connectivity index (χ1n) is 2.88. The molecule has 0 atom stereocenters. The highest BCUT2D eigenvalue weighted by molar-refractivity contribution is 6.25. The van der Waals surface area contributed by atoms with E-state index in [-0.39, 0.29) is 0 Å². The average Bonchev–Trinajstić information content (AvgIpc) is 1.89. The van der Waals surface area contributed by atoms with Gasteiger partial charge in [0.05, 0.1) is 0 Å². The summed E-state index contributed by atoms with van der Waals surface area (Å²) in [7, 11) is 0. The molecule has 0 bridgehead atoms. The monoisotopic (exact) mass is 145 g/mol. The summed E-state index contributed by atoms with van der Waals surface area (Å²) in [5, 5.41) is 3.11. The minimum atomic E-state index is 0.835. The van der Waals surface area contributed by atoms with E-state index in [9.17, 15) is 0 Å². The molecule has 0 aromatic carbocycles. The number of rotatable bonds is 4. The molecule has 0 fully saturated rings. The van der Waals surface area contributed by atoms with Crippen molar-refractivity contribution in [2.75, 3.05) is 13.1 Å². The first-order chi connectivity index (χ1) is 4.31. The van der Waals surface area contributed by atoms with Gasteiger partial charge in [-0.3, -0.25) is 0 Å². The van der Waals surface area contributed by atoms with Gasteiger partial charge in [0.25, 0.3) is 0 Å². The summed E-state index contributed by atoms with van der Waals surface area (Å²) in [6.07, 6.45) is 1.82. The minimum absolute atomic E-state index is 0.835. The summed E-state index contributed by atoms with van der Waals surface area (Å²) in [5.41, 5.74) is 2.72. The van der Waals surface area contributed by atoms with E-state index >= 15 is 0 Å². The maximum absolute atomic E-state index is 5.40. The van der Waals surface area contributed by atoms with Gasteiger partial charge in [-0.25, -0.2) is 0 Å². The van der Waals surface area contributed by atoms with E-state index in [0.717, 1.165) is 18.7 Å². The van der Waals surface area contributed by atoms with Crippen molar-refractivity contribution in [1.82, 2.24) is 5.32 Å². The predicted molar refractivity (Wildman–Crippen MR) is 42.7 cm³/mol. The molecule has 52 valence electrons. The van der Waals surface area contributed by atoms with Gasteiger partial charge >= 0.3 is 0 Å². The molecule has 1 nitrogen and oxygen atoms in total. The molecule has 2 heteroatoms. The molecule has 0 aromatic heterocycles. The van der Waals surface area contributed by atoms with Crippen LogP contribution in [0.4, 0.5) is 0 Å². The Morgan fingerprint density at radius 2 is 2.44 bits per heavy atom. The lowest BCUT2D eigenvalue weighted by Crippen LogP contribution is -2.15. The van der Waals surface area contributed by atoms with Gasteiger partial charge in [0.1, 0.15) is 0 Å². The molecule has 0 saturated heterocycles. The largest absolute Gasteiger partial charge is 0.310 e. The Kier molecular flexibility index (Phi) is 5.68. The van der Waals surface area contributed by atoms with Gasteiger partial charge in [0.15, 0.2) is 0 Å². The van der Waals surface area contributed by atoms with Crippen LogP contribution in [0.25, 0.3) is 0 Å². The molecule has 0 aliphatic rings. The minimum Gasteiger partial charge on any atom is -0.310 e. The number of hydrogen-bond donors (Lipinski definition) is 1. The van der Waals surface area contributed by atoms with E-state index in [2.05, 4.69) is 11.9 Å². The Morgan fingerprint density at radius 1 is 1.78 bits per heavy atom. The van der Waals surface area contributed by atoms with Crippen molar-refractivity contribution >= 4 is 11.6 Å². The van der Waals surface area contributed by atoms with Crippen LogP contribution >= 0.6 is 11.6 Å². The fourth-order valence-electron chi connectivity index (χ4n) is 0.410. The molecule has 0 aliphatic heterocycles. The van der Waals surface area contributed by atoms with Crippen LogP contribution in [0.2, 0.25) is 0 Å². The molecular formula is C7H12ClN. The standard InChI is InChI=1S/C7H12ClN/c1-3-4-9-6-7(2)5-8/h3,5,9H,1,4,6H2,2H3/b7-5-. The van der Waals surface area contributed by atoms with Crippen molar-refractivity contribution in [3.05, 3.63) is 23.8 Å². The fourth-order valence-corrected chi connectivity index (χ4v) is 0.487. The fraction of sp³-hybridized carbons (Fsp3) is 0.429. The summed E-state index contributed by atoms with van der Waals surface area (Å²) in [5.74, 6) is 0. The second-order valence-electron chi connectivity index (χ2n) is 1.88. The van der Waals surface area contributed by atoms with E-state index < -0.39 is 0 Å². The Labute approximate surface area is 61.4 Å². The van der Waals surface area contributed by atoms with Crippen LogP contribution in [-0.2, 0) is 0 Å². The third-order valence-corrected chi connectivity index (χ3v) is 1.25. The number of halogens is 1. The van der Waals surface area contributed by atoms with Crippen LogP contribution in [0.15, 0.2) is 23.8 Å². The van der Waals surface area contributed by atoms with Crippen molar-refractivity contribution in [2.24, 2.45) is 0 Å². The zero-order valence-corrected chi connectivity index (χ0v) is 6.41. The SMILES string of the molecule is C=CCNC/C(C)=C\Cl. The van der Waals surface area contributed by atoms with Crippen LogP contribution < -0.4 is 5.32 Å². The molecule has 0 unspecified atom stereocenters. The lowest BCUT2D eigenvalue weighted by Gasteiger charge is -1.98. The molecule has 0 aromatic rings. The Morgan fingerprint density at radius 3 is 2.89 bits per heavy atom. The normalized spacial score (nSPS) is 11.6. The molecule has 9 heavy (non-hydrogen) atoms. The van der Waals surface area contributed by atoms with Crippen molar-refractivity contribution < 1.29 is 0 Å². The van der Waals surface area contributed by atoms with E-state index in [0.29, 0.717) is 0 Å². The van der Waals surface area contributed by atoms with Crippen LogP contribution in [0.3, 0.4) is 0 Å². The zero-order valence-electron chi connectivity index (χ0n) is 5.65. The highest BCUT2D eigenvalue weighted by Gasteiger charge is 1.83. The topological polar surface area (TPSA) is 12.0 Å². The second-order valence-corrected chi connectivity index (χ2v) is 2.09. The van der Waals surface area contributed by atoms with E-state index in [4.69, 9.17) is 11.6 Å². The van der Waals surface area contributed by atoms with Crippen molar-refractivity contribution in [3.63, 3.8) is 0 Å². The van der Waals surface area contributed by atoms with Gasteiger partial charge in [-0.1, -0.05) is 17.7 Å². The molecule has 0 saturated carbocycles. The van der Waals surface area contributed by atoms with Gasteiger partial charge in [-0.15, -0.1) is 6.58 Å². The van der Waals surface area contributed by atoms with E-state index in [1.807, 2.05) is 13.0 Å². The predicted octanol–water partition coefficient (Wildman–Crippen LogP) is 1.90. The smallest absolute Gasteiger partial charge is 0.0176 e. The third-order valence-electron chi connectivity index (χ3n) is 0.879. The molecule has 1 N–H and O–H groups in total. The molecule has 0 rings (SSSR count). The number of hydrogen-bond acceptors (Lipinski definition) is 1. The summed E-state index contributed by atoms with van der Waals surface area (Å²) in [6.45, 7) is 7.22. The lowest BCUT2D eigenvalue weighted by molar-refractivity contribution is 0.816. The van der Waals surface area contributed by atoms with Crippen molar-refractivity contribution in [2.45, 2.75) is 6.92 Å². The van der Waals surface area contributed by atoms with Crippen LogP contribution in [0, 0.1) is 0 Å². The summed E-state index contributed by atoms with van der Waals surface area (Å²) in [6, 6.07) is 0. The maximum Gasteiger partial charge on any atom is 0.0176 e. The zero-order chi connectivity index (χ0) is 7.11. The average molecular weight is 146 g/mol. The second kappa shape index (κ2) is 5.86. The first kappa shape index (κ1) is 8.73. The molecule has 0 spiro atoms. The van der Waals surface area contributed by atoms with E-state index in [1.165, 1.54) is 0 Å². The molecule has 0 aliphatic carbocycles. The quantitative estimate of drug-likeness (QED) is 0.471. The van der Waals surface area contributed by atoms with Crippen molar-refractivity contribution in [1.29, 1.82) is 0 Å². The Hall–Kier alpha value is -0.270. The molecule has 0 radical (unpaired) electrons. The first-order valence-corrected chi connectivity index (χ1v) is 3.32. The van der Waals surface area contributed by atoms with Gasteiger partial charge in [-0.2, -0.15) is 0 Å². The molecule has 0 heterocycles. The van der Waals surface area contributed by atoms with Crippen LogP contribution in [0.1, 0.15) is 6.92 Å². The lowest BCUT2D eigenvalue weighted by atomic mass is 10.3.